The van der Waals surface area contributed by atoms with Crippen LogP contribution < -0.4 is 5.32 Å². The van der Waals surface area contributed by atoms with Crippen LogP contribution in [0.1, 0.15) is 26.7 Å². The molecule has 0 aromatic carbocycles. The van der Waals surface area contributed by atoms with E-state index in [0.717, 1.165) is 23.7 Å². The second kappa shape index (κ2) is 5.07. The SMILES string of the molecule is Cc1cc(CNCc2c(C)nc3sccn23)sc1C. The predicted molar refractivity (Wildman–Crippen MR) is 82.1 cm³/mol. The van der Waals surface area contributed by atoms with Crippen molar-refractivity contribution in [3.05, 3.63) is 44.3 Å². The Morgan fingerprint density at radius 2 is 2.11 bits per heavy atom. The number of imidazole rings is 1. The molecule has 100 valence electrons. The molecule has 0 saturated heterocycles. The van der Waals surface area contributed by atoms with Gasteiger partial charge in [0.15, 0.2) is 4.96 Å². The fraction of sp³-hybridized carbons (Fsp3) is 0.357. The lowest BCUT2D eigenvalue weighted by atomic mass is 10.3. The van der Waals surface area contributed by atoms with Crippen molar-refractivity contribution < 1.29 is 0 Å². The molecule has 3 nitrogen and oxygen atoms in total. The maximum atomic E-state index is 4.56. The summed E-state index contributed by atoms with van der Waals surface area (Å²) in [6.45, 7) is 8.22. The Balaban J connectivity index is 1.69. The number of rotatable bonds is 4. The molecule has 0 fully saturated rings. The van der Waals surface area contributed by atoms with Crippen molar-refractivity contribution in [1.29, 1.82) is 0 Å². The Hall–Kier alpha value is -1.17. The second-order valence-electron chi connectivity index (χ2n) is 4.75. The van der Waals surface area contributed by atoms with Crippen LogP contribution in [0.25, 0.3) is 4.96 Å². The van der Waals surface area contributed by atoms with Gasteiger partial charge < -0.3 is 5.32 Å². The monoisotopic (exact) mass is 291 g/mol. The number of aryl methyl sites for hydroxylation is 3. The zero-order valence-electron chi connectivity index (χ0n) is 11.4. The van der Waals surface area contributed by atoms with Crippen molar-refractivity contribution >= 4 is 27.6 Å². The molecule has 0 bridgehead atoms. The molecule has 0 spiro atoms. The Kier molecular flexibility index (Phi) is 3.43. The van der Waals surface area contributed by atoms with Crippen molar-refractivity contribution in [3.63, 3.8) is 0 Å². The lowest BCUT2D eigenvalue weighted by molar-refractivity contribution is 0.679. The summed E-state index contributed by atoms with van der Waals surface area (Å²) in [5, 5.41) is 5.60. The molecule has 0 radical (unpaired) electrons. The van der Waals surface area contributed by atoms with Gasteiger partial charge in [-0.15, -0.1) is 22.7 Å². The smallest absolute Gasteiger partial charge is 0.194 e. The van der Waals surface area contributed by atoms with E-state index in [9.17, 15) is 0 Å². The van der Waals surface area contributed by atoms with Crippen molar-refractivity contribution in [3.8, 4) is 0 Å². The predicted octanol–water partition coefficient (Wildman–Crippen LogP) is 3.67. The van der Waals surface area contributed by atoms with Gasteiger partial charge in [-0.3, -0.25) is 4.40 Å². The number of hydrogen-bond donors (Lipinski definition) is 1. The normalized spacial score (nSPS) is 11.5. The summed E-state index contributed by atoms with van der Waals surface area (Å²) in [6.07, 6.45) is 2.09. The number of nitrogens with one attached hydrogen (secondary N) is 1. The highest BCUT2D eigenvalue weighted by molar-refractivity contribution is 7.15. The molecule has 3 rings (SSSR count). The number of hydrogen-bond acceptors (Lipinski definition) is 4. The molecular formula is C14H17N3S2. The van der Waals surface area contributed by atoms with Gasteiger partial charge in [-0.25, -0.2) is 4.98 Å². The Morgan fingerprint density at radius 3 is 2.84 bits per heavy atom. The van der Waals surface area contributed by atoms with Gasteiger partial charge in [-0.1, -0.05) is 0 Å². The molecule has 0 aliphatic carbocycles. The fourth-order valence-electron chi connectivity index (χ4n) is 2.19. The third kappa shape index (κ3) is 2.45. The maximum absolute atomic E-state index is 4.56. The zero-order chi connectivity index (χ0) is 13.4. The number of thiophene rings is 1. The molecule has 3 heterocycles. The first kappa shape index (κ1) is 12.8. The summed E-state index contributed by atoms with van der Waals surface area (Å²) >= 11 is 3.56. The molecular weight excluding hydrogens is 274 g/mol. The second-order valence-corrected chi connectivity index (χ2v) is 6.97. The van der Waals surface area contributed by atoms with Crippen LogP contribution in [0.4, 0.5) is 0 Å². The average Bonchev–Trinajstić information content (AvgIpc) is 2.99. The highest BCUT2D eigenvalue weighted by atomic mass is 32.1. The number of fused-ring (bicyclic) bond motifs is 1. The van der Waals surface area contributed by atoms with Crippen LogP contribution in [0, 0.1) is 20.8 Å². The van der Waals surface area contributed by atoms with Crippen molar-refractivity contribution in [1.82, 2.24) is 14.7 Å². The molecule has 5 heteroatoms. The summed E-state index contributed by atoms with van der Waals surface area (Å²) in [5.74, 6) is 0. The summed E-state index contributed by atoms with van der Waals surface area (Å²) in [6, 6.07) is 2.27. The first-order valence-electron chi connectivity index (χ1n) is 6.33. The van der Waals surface area contributed by atoms with E-state index in [1.165, 1.54) is 21.0 Å². The van der Waals surface area contributed by atoms with E-state index in [2.05, 4.69) is 53.1 Å². The van der Waals surface area contributed by atoms with Gasteiger partial charge in [-0.05, 0) is 32.4 Å². The molecule has 1 N–H and O–H groups in total. The minimum Gasteiger partial charge on any atom is -0.306 e. The molecule has 0 amide bonds. The van der Waals surface area contributed by atoms with E-state index >= 15 is 0 Å². The van der Waals surface area contributed by atoms with Crippen LogP contribution >= 0.6 is 22.7 Å². The van der Waals surface area contributed by atoms with Gasteiger partial charge in [0.1, 0.15) is 0 Å². The lowest BCUT2D eigenvalue weighted by Gasteiger charge is -2.03. The third-order valence-corrected chi connectivity index (χ3v) is 5.28. The molecule has 3 aromatic heterocycles. The largest absolute Gasteiger partial charge is 0.306 e. The molecule has 19 heavy (non-hydrogen) atoms. The van der Waals surface area contributed by atoms with Crippen LogP contribution in [0.3, 0.4) is 0 Å². The first-order chi connectivity index (χ1) is 9.15. The Bertz CT molecular complexity index is 686. The van der Waals surface area contributed by atoms with Crippen LogP contribution in [0.2, 0.25) is 0 Å². The summed E-state index contributed by atoms with van der Waals surface area (Å²) in [5.41, 5.74) is 3.78. The van der Waals surface area contributed by atoms with Crippen LogP contribution in [0.5, 0.6) is 0 Å². The fourth-order valence-corrected chi connectivity index (χ4v) is 4.00. The van der Waals surface area contributed by atoms with Gasteiger partial charge >= 0.3 is 0 Å². The van der Waals surface area contributed by atoms with E-state index in [0.29, 0.717) is 0 Å². The zero-order valence-corrected chi connectivity index (χ0v) is 13.0. The molecule has 3 aromatic rings. The molecule has 0 saturated carbocycles. The number of thiazole rings is 1. The van der Waals surface area contributed by atoms with E-state index in [1.807, 2.05) is 11.3 Å². The third-order valence-electron chi connectivity index (χ3n) is 3.37. The minimum absolute atomic E-state index is 0.861. The number of nitrogens with zero attached hydrogens (tertiary/aromatic N) is 2. The summed E-state index contributed by atoms with van der Waals surface area (Å²) in [7, 11) is 0. The standard InChI is InChI=1S/C14H17N3S2/c1-9-6-12(19-11(9)3)7-15-8-13-10(2)16-14-17(13)4-5-18-14/h4-6,15H,7-8H2,1-3H3. The van der Waals surface area contributed by atoms with Crippen molar-refractivity contribution in [2.75, 3.05) is 0 Å². The van der Waals surface area contributed by atoms with Gasteiger partial charge in [-0.2, -0.15) is 0 Å². The van der Waals surface area contributed by atoms with Gasteiger partial charge in [0, 0.05) is 34.4 Å². The van der Waals surface area contributed by atoms with E-state index < -0.39 is 0 Å². The van der Waals surface area contributed by atoms with E-state index in [1.54, 1.807) is 11.3 Å². The van der Waals surface area contributed by atoms with Gasteiger partial charge in [0.25, 0.3) is 0 Å². The average molecular weight is 291 g/mol. The van der Waals surface area contributed by atoms with Gasteiger partial charge in [0.2, 0.25) is 0 Å². The first-order valence-corrected chi connectivity index (χ1v) is 8.02. The Morgan fingerprint density at radius 1 is 1.26 bits per heavy atom. The van der Waals surface area contributed by atoms with Crippen molar-refractivity contribution in [2.45, 2.75) is 33.9 Å². The highest BCUT2D eigenvalue weighted by Crippen LogP contribution is 2.21. The van der Waals surface area contributed by atoms with E-state index in [-0.39, 0.29) is 0 Å². The molecule has 0 aliphatic heterocycles. The highest BCUT2D eigenvalue weighted by Gasteiger charge is 2.09. The molecule has 0 aliphatic rings. The van der Waals surface area contributed by atoms with Crippen LogP contribution in [0.15, 0.2) is 17.6 Å². The number of aromatic nitrogens is 2. The van der Waals surface area contributed by atoms with E-state index in [4.69, 9.17) is 0 Å². The lowest BCUT2D eigenvalue weighted by Crippen LogP contribution is -2.13. The quantitative estimate of drug-likeness (QED) is 0.794. The topological polar surface area (TPSA) is 29.3 Å². The maximum Gasteiger partial charge on any atom is 0.194 e. The minimum atomic E-state index is 0.861. The van der Waals surface area contributed by atoms with Crippen molar-refractivity contribution in [2.24, 2.45) is 0 Å². The molecule has 0 unspecified atom stereocenters. The summed E-state index contributed by atoms with van der Waals surface area (Å²) in [4.78, 5) is 8.46. The summed E-state index contributed by atoms with van der Waals surface area (Å²) < 4.78 is 2.18. The Labute approximate surface area is 120 Å². The van der Waals surface area contributed by atoms with Crippen LogP contribution in [-0.4, -0.2) is 9.38 Å². The van der Waals surface area contributed by atoms with Crippen LogP contribution in [-0.2, 0) is 13.1 Å². The molecule has 0 atom stereocenters. The van der Waals surface area contributed by atoms with Gasteiger partial charge in [0.05, 0.1) is 11.4 Å².